The lowest BCUT2D eigenvalue weighted by atomic mass is 10.0. The molecule has 1 aliphatic heterocycles. The third-order valence-electron chi connectivity index (χ3n) is 3.13. The first-order valence-corrected chi connectivity index (χ1v) is 5.60. The van der Waals surface area contributed by atoms with Crippen molar-refractivity contribution in [1.82, 2.24) is 10.2 Å². The summed E-state index contributed by atoms with van der Waals surface area (Å²) >= 11 is 0. The van der Waals surface area contributed by atoms with Crippen LogP contribution >= 0.6 is 0 Å². The molecule has 1 fully saturated rings. The Morgan fingerprint density at radius 1 is 1.62 bits per heavy atom. The van der Waals surface area contributed by atoms with Crippen molar-refractivity contribution in [3.05, 3.63) is 5.89 Å². The van der Waals surface area contributed by atoms with E-state index >= 15 is 0 Å². The van der Waals surface area contributed by atoms with Crippen molar-refractivity contribution >= 4 is 6.01 Å². The van der Waals surface area contributed by atoms with Crippen molar-refractivity contribution in [1.29, 1.82) is 0 Å². The Kier molecular flexibility index (Phi) is 3.11. The summed E-state index contributed by atoms with van der Waals surface area (Å²) in [4.78, 5) is 1.96. The second-order valence-electron chi connectivity index (χ2n) is 4.42. The summed E-state index contributed by atoms with van der Waals surface area (Å²) < 4.78 is 5.48. The fourth-order valence-electron chi connectivity index (χ4n) is 2.05. The van der Waals surface area contributed by atoms with E-state index in [1.165, 1.54) is 0 Å². The molecule has 90 valence electrons. The summed E-state index contributed by atoms with van der Waals surface area (Å²) in [5.41, 5.74) is 5.66. The number of aliphatic hydroxyl groups is 1. The van der Waals surface area contributed by atoms with E-state index in [1.54, 1.807) is 6.92 Å². The molecular weight excluding hydrogens is 208 g/mol. The van der Waals surface area contributed by atoms with Crippen LogP contribution < -0.4 is 10.6 Å². The quantitative estimate of drug-likeness (QED) is 0.770. The minimum Gasteiger partial charge on any atom is -0.406 e. The number of rotatable bonds is 3. The van der Waals surface area contributed by atoms with Crippen LogP contribution in [0.25, 0.3) is 0 Å². The van der Waals surface area contributed by atoms with Gasteiger partial charge in [0.25, 0.3) is 0 Å². The van der Waals surface area contributed by atoms with Crippen LogP contribution in [-0.4, -0.2) is 34.5 Å². The molecular formula is C10H18N4O2. The molecule has 1 aliphatic rings. The van der Waals surface area contributed by atoms with Crippen LogP contribution in [-0.2, 0) is 0 Å². The Balaban J connectivity index is 2.17. The zero-order valence-corrected chi connectivity index (χ0v) is 9.63. The summed E-state index contributed by atoms with van der Waals surface area (Å²) in [6.45, 7) is 4.86. The topological polar surface area (TPSA) is 88.4 Å². The Hall–Kier alpha value is -1.14. The van der Waals surface area contributed by atoms with Crippen LogP contribution in [0.5, 0.6) is 0 Å². The zero-order chi connectivity index (χ0) is 11.7. The maximum absolute atomic E-state index is 9.33. The van der Waals surface area contributed by atoms with Crippen LogP contribution in [0.4, 0.5) is 6.01 Å². The maximum Gasteiger partial charge on any atom is 0.318 e. The van der Waals surface area contributed by atoms with Gasteiger partial charge in [0.05, 0.1) is 18.7 Å². The minimum atomic E-state index is -0.256. The predicted molar refractivity (Wildman–Crippen MR) is 58.9 cm³/mol. The molecule has 1 saturated heterocycles. The van der Waals surface area contributed by atoms with Crippen molar-refractivity contribution < 1.29 is 9.52 Å². The molecule has 0 aliphatic carbocycles. The molecule has 2 rings (SSSR count). The van der Waals surface area contributed by atoms with Crippen LogP contribution in [0.1, 0.15) is 32.2 Å². The monoisotopic (exact) mass is 226 g/mol. The molecule has 2 heterocycles. The van der Waals surface area contributed by atoms with E-state index in [9.17, 15) is 5.11 Å². The van der Waals surface area contributed by atoms with Gasteiger partial charge >= 0.3 is 6.01 Å². The maximum atomic E-state index is 9.33. The summed E-state index contributed by atoms with van der Waals surface area (Å²) in [5, 5.41) is 17.2. The first kappa shape index (κ1) is 11.3. The Morgan fingerprint density at radius 3 is 2.94 bits per heavy atom. The molecule has 3 atom stereocenters. The van der Waals surface area contributed by atoms with Crippen molar-refractivity contribution in [2.75, 3.05) is 18.1 Å². The van der Waals surface area contributed by atoms with Gasteiger partial charge in [-0.25, -0.2) is 0 Å². The van der Waals surface area contributed by atoms with Crippen LogP contribution in [0.3, 0.4) is 0 Å². The highest BCUT2D eigenvalue weighted by atomic mass is 16.4. The van der Waals surface area contributed by atoms with Gasteiger partial charge in [-0.05, 0) is 19.3 Å². The zero-order valence-electron chi connectivity index (χ0n) is 9.63. The molecule has 0 spiro atoms. The van der Waals surface area contributed by atoms with Crippen molar-refractivity contribution in [3.63, 3.8) is 0 Å². The lowest BCUT2D eigenvalue weighted by Crippen LogP contribution is -2.35. The second-order valence-corrected chi connectivity index (χ2v) is 4.42. The van der Waals surface area contributed by atoms with Crippen molar-refractivity contribution in [2.24, 2.45) is 11.7 Å². The largest absolute Gasteiger partial charge is 0.406 e. The molecule has 6 heteroatoms. The Morgan fingerprint density at radius 2 is 2.38 bits per heavy atom. The highest BCUT2D eigenvalue weighted by Gasteiger charge is 2.33. The molecule has 0 bridgehead atoms. The van der Waals surface area contributed by atoms with Gasteiger partial charge in [0.15, 0.2) is 0 Å². The van der Waals surface area contributed by atoms with Gasteiger partial charge in [-0.3, -0.25) is 0 Å². The lowest BCUT2D eigenvalue weighted by molar-refractivity contribution is 0.241. The van der Waals surface area contributed by atoms with Gasteiger partial charge in [0.1, 0.15) is 0 Å². The second kappa shape index (κ2) is 4.39. The van der Waals surface area contributed by atoms with E-state index in [0.29, 0.717) is 17.8 Å². The average molecular weight is 226 g/mol. The fraction of sp³-hybridized carbons (Fsp3) is 0.800. The van der Waals surface area contributed by atoms with E-state index < -0.39 is 0 Å². The van der Waals surface area contributed by atoms with Gasteiger partial charge in [-0.15, -0.1) is 5.10 Å². The normalized spacial score (nSPS) is 27.4. The molecule has 1 aromatic heterocycles. The standard InChI is InChI=1S/C10H18N4O2/c1-6-3-4-14(8(6)5-15)10-13-12-9(16-10)7(2)11/h6-8,15H,3-5,11H2,1-2H3. The summed E-state index contributed by atoms with van der Waals surface area (Å²) in [6.07, 6.45) is 1.03. The molecule has 0 saturated carbocycles. The molecule has 1 aromatic rings. The summed E-state index contributed by atoms with van der Waals surface area (Å²) in [7, 11) is 0. The van der Waals surface area contributed by atoms with Gasteiger partial charge in [-0.1, -0.05) is 12.0 Å². The van der Waals surface area contributed by atoms with Crippen molar-refractivity contribution in [2.45, 2.75) is 32.4 Å². The van der Waals surface area contributed by atoms with Gasteiger partial charge in [-0.2, -0.15) is 0 Å². The fourth-order valence-corrected chi connectivity index (χ4v) is 2.05. The van der Waals surface area contributed by atoms with Crippen molar-refractivity contribution in [3.8, 4) is 0 Å². The van der Waals surface area contributed by atoms with E-state index in [2.05, 4.69) is 17.1 Å². The summed E-state index contributed by atoms with van der Waals surface area (Å²) in [6, 6.07) is 0.283. The number of hydrogen-bond donors (Lipinski definition) is 2. The highest BCUT2D eigenvalue weighted by molar-refractivity contribution is 5.29. The van der Waals surface area contributed by atoms with Crippen LogP contribution in [0, 0.1) is 5.92 Å². The number of aliphatic hydroxyl groups excluding tert-OH is 1. The third-order valence-corrected chi connectivity index (χ3v) is 3.13. The number of anilines is 1. The lowest BCUT2D eigenvalue weighted by Gasteiger charge is -2.22. The van der Waals surface area contributed by atoms with E-state index in [4.69, 9.17) is 10.2 Å². The first-order valence-electron chi connectivity index (χ1n) is 5.60. The summed E-state index contributed by atoms with van der Waals surface area (Å²) in [5.74, 6) is 0.877. The van der Waals surface area contributed by atoms with E-state index in [-0.39, 0.29) is 18.7 Å². The number of hydrogen-bond acceptors (Lipinski definition) is 6. The minimum absolute atomic E-state index is 0.0707. The highest BCUT2D eigenvalue weighted by Crippen LogP contribution is 2.28. The van der Waals surface area contributed by atoms with Crippen LogP contribution in [0.2, 0.25) is 0 Å². The molecule has 0 amide bonds. The number of aromatic nitrogens is 2. The molecule has 16 heavy (non-hydrogen) atoms. The van der Waals surface area contributed by atoms with Crippen LogP contribution in [0.15, 0.2) is 4.42 Å². The molecule has 0 aromatic carbocycles. The molecule has 0 radical (unpaired) electrons. The molecule has 3 N–H and O–H groups in total. The van der Waals surface area contributed by atoms with Gasteiger partial charge < -0.3 is 20.2 Å². The SMILES string of the molecule is CC(N)c1nnc(N2CCC(C)C2CO)o1. The Bertz CT molecular complexity index is 352. The first-order chi connectivity index (χ1) is 7.63. The Labute approximate surface area is 94.4 Å². The predicted octanol–water partition coefficient (Wildman–Crippen LogP) is 0.296. The third kappa shape index (κ3) is 1.90. The van der Waals surface area contributed by atoms with E-state index in [0.717, 1.165) is 13.0 Å². The number of nitrogens with two attached hydrogens (primary N) is 1. The number of nitrogens with zero attached hydrogens (tertiary/aromatic N) is 3. The molecule has 3 unspecified atom stereocenters. The molecule has 6 nitrogen and oxygen atoms in total. The average Bonchev–Trinajstić information content (AvgIpc) is 2.83. The van der Waals surface area contributed by atoms with E-state index in [1.807, 2.05) is 4.90 Å². The van der Waals surface area contributed by atoms with Gasteiger partial charge in [0, 0.05) is 6.54 Å². The smallest absolute Gasteiger partial charge is 0.318 e. The van der Waals surface area contributed by atoms with Gasteiger partial charge in [0.2, 0.25) is 5.89 Å².